The SMILES string of the molecule is CC(=O)CC1C(C#N)=C(N2CCCCC2)N(c2ccc([N+](=O)[O-])cc2)c2c1n(C)c1ccccc21. The third-order valence-corrected chi connectivity index (χ3v) is 7.07. The molecule has 2 aliphatic heterocycles. The molecule has 1 atom stereocenters. The number of ketones is 1. The van der Waals surface area contributed by atoms with Crippen molar-refractivity contribution in [3.63, 3.8) is 0 Å². The summed E-state index contributed by atoms with van der Waals surface area (Å²) < 4.78 is 2.08. The molecule has 1 aromatic heterocycles. The van der Waals surface area contributed by atoms with E-state index in [1.807, 2.05) is 25.2 Å². The average Bonchev–Trinajstić information content (AvgIpc) is 3.16. The second-order valence-electron chi connectivity index (χ2n) is 9.27. The van der Waals surface area contributed by atoms with Gasteiger partial charge in [0.15, 0.2) is 0 Å². The van der Waals surface area contributed by atoms with Crippen LogP contribution in [0.2, 0.25) is 0 Å². The fourth-order valence-electron chi connectivity index (χ4n) is 5.55. The van der Waals surface area contributed by atoms with Gasteiger partial charge >= 0.3 is 0 Å². The maximum absolute atomic E-state index is 12.4. The summed E-state index contributed by atoms with van der Waals surface area (Å²) in [6.07, 6.45) is 3.43. The summed E-state index contributed by atoms with van der Waals surface area (Å²) in [5, 5.41) is 22.8. The number of rotatable bonds is 5. The Labute approximate surface area is 203 Å². The fourth-order valence-corrected chi connectivity index (χ4v) is 5.55. The number of benzene rings is 2. The molecule has 8 heteroatoms. The van der Waals surface area contributed by atoms with Gasteiger partial charge in [-0.1, -0.05) is 18.2 Å². The number of allylic oxidation sites excluding steroid dienone is 1. The minimum Gasteiger partial charge on any atom is -0.357 e. The van der Waals surface area contributed by atoms with E-state index in [0.717, 1.165) is 66.1 Å². The number of carbonyl (C=O) groups is 1. The largest absolute Gasteiger partial charge is 0.357 e. The van der Waals surface area contributed by atoms with Gasteiger partial charge in [-0.25, -0.2) is 0 Å². The Morgan fingerprint density at radius 2 is 1.80 bits per heavy atom. The number of hydrogen-bond acceptors (Lipinski definition) is 6. The number of nitriles is 1. The Morgan fingerprint density at radius 1 is 1.11 bits per heavy atom. The fraction of sp³-hybridized carbons (Fsp3) is 0.333. The lowest BCUT2D eigenvalue weighted by molar-refractivity contribution is -0.384. The molecule has 3 heterocycles. The van der Waals surface area contributed by atoms with Crippen molar-refractivity contribution >= 4 is 33.7 Å². The highest BCUT2D eigenvalue weighted by Crippen LogP contribution is 2.51. The predicted octanol–water partition coefficient (Wildman–Crippen LogP) is 5.52. The van der Waals surface area contributed by atoms with Crippen LogP contribution >= 0.6 is 0 Å². The number of para-hydroxylation sites is 1. The molecule has 1 unspecified atom stereocenters. The van der Waals surface area contributed by atoms with E-state index in [1.165, 1.54) is 12.1 Å². The quantitative estimate of drug-likeness (QED) is 0.361. The zero-order valence-electron chi connectivity index (χ0n) is 19.9. The molecule has 0 spiro atoms. The maximum Gasteiger partial charge on any atom is 0.269 e. The van der Waals surface area contributed by atoms with Gasteiger partial charge in [0.25, 0.3) is 5.69 Å². The van der Waals surface area contributed by atoms with Crippen molar-refractivity contribution in [3.8, 4) is 6.07 Å². The van der Waals surface area contributed by atoms with Gasteiger partial charge in [-0.15, -0.1) is 0 Å². The van der Waals surface area contributed by atoms with Crippen LogP contribution in [0.15, 0.2) is 59.9 Å². The molecule has 8 nitrogen and oxygen atoms in total. The molecule has 0 radical (unpaired) electrons. The minimum atomic E-state index is -0.408. The standard InChI is InChI=1S/C27H27N5O3/c1-18(33)16-22-23(17-28)27(30-14-6-3-7-15-30)31(19-10-12-20(13-11-19)32(34)35)26-21-8-4-5-9-24(21)29(2)25(22)26/h4-5,8-13,22H,3,6-7,14-16H2,1-2H3. The first-order valence-electron chi connectivity index (χ1n) is 11.9. The van der Waals surface area contributed by atoms with Gasteiger partial charge < -0.3 is 9.47 Å². The molecule has 2 aromatic carbocycles. The highest BCUT2D eigenvalue weighted by atomic mass is 16.6. The van der Waals surface area contributed by atoms with Crippen molar-refractivity contribution in [3.05, 3.63) is 75.7 Å². The van der Waals surface area contributed by atoms with Gasteiger partial charge in [0.05, 0.1) is 33.5 Å². The topological polar surface area (TPSA) is 95.4 Å². The predicted molar refractivity (Wildman–Crippen MR) is 134 cm³/mol. The summed E-state index contributed by atoms with van der Waals surface area (Å²) in [4.78, 5) is 27.7. The molecule has 3 aromatic rings. The average molecular weight is 470 g/mol. The number of aryl methyl sites for hydroxylation is 1. The normalized spacial score (nSPS) is 17.9. The minimum absolute atomic E-state index is 0.0161. The van der Waals surface area contributed by atoms with Crippen LogP contribution in [0.5, 0.6) is 0 Å². The lowest BCUT2D eigenvalue weighted by Gasteiger charge is -2.43. The molecule has 0 N–H and O–H groups in total. The lowest BCUT2D eigenvalue weighted by atomic mass is 9.86. The molecule has 0 amide bonds. The number of aromatic nitrogens is 1. The van der Waals surface area contributed by atoms with Gasteiger partial charge in [0.1, 0.15) is 11.6 Å². The van der Waals surface area contributed by atoms with Gasteiger partial charge in [0, 0.05) is 55.7 Å². The van der Waals surface area contributed by atoms with Crippen LogP contribution in [0.4, 0.5) is 17.1 Å². The van der Waals surface area contributed by atoms with Crippen molar-refractivity contribution in [2.45, 2.75) is 38.5 Å². The highest BCUT2D eigenvalue weighted by Gasteiger charge is 2.40. The van der Waals surface area contributed by atoms with Crippen LogP contribution in [0.3, 0.4) is 0 Å². The Balaban J connectivity index is 1.84. The smallest absolute Gasteiger partial charge is 0.269 e. The Kier molecular flexibility index (Phi) is 5.77. The Bertz CT molecular complexity index is 1390. The van der Waals surface area contributed by atoms with E-state index < -0.39 is 4.92 Å². The van der Waals surface area contributed by atoms with Gasteiger partial charge in [-0.05, 0) is 44.4 Å². The molecule has 0 bridgehead atoms. The van der Waals surface area contributed by atoms with E-state index in [4.69, 9.17) is 0 Å². The second-order valence-corrected chi connectivity index (χ2v) is 9.27. The van der Waals surface area contributed by atoms with E-state index >= 15 is 0 Å². The first-order valence-corrected chi connectivity index (χ1v) is 11.9. The molecule has 1 fully saturated rings. The van der Waals surface area contributed by atoms with Crippen molar-refractivity contribution < 1.29 is 9.72 Å². The number of fused-ring (bicyclic) bond motifs is 3. The van der Waals surface area contributed by atoms with Crippen LogP contribution in [-0.4, -0.2) is 33.3 Å². The summed E-state index contributed by atoms with van der Waals surface area (Å²) in [5.41, 5.74) is 4.19. The third kappa shape index (κ3) is 3.73. The summed E-state index contributed by atoms with van der Waals surface area (Å²) in [5.74, 6) is 0.452. The monoisotopic (exact) mass is 469 g/mol. The van der Waals surface area contributed by atoms with Crippen molar-refractivity contribution in [1.82, 2.24) is 9.47 Å². The third-order valence-electron chi connectivity index (χ3n) is 7.07. The van der Waals surface area contributed by atoms with Crippen molar-refractivity contribution in [2.75, 3.05) is 18.0 Å². The van der Waals surface area contributed by atoms with Crippen LogP contribution in [0, 0.1) is 21.4 Å². The van der Waals surface area contributed by atoms with E-state index in [0.29, 0.717) is 5.57 Å². The first-order chi connectivity index (χ1) is 16.9. The molecule has 35 heavy (non-hydrogen) atoms. The van der Waals surface area contributed by atoms with Crippen molar-refractivity contribution in [2.24, 2.45) is 7.05 Å². The van der Waals surface area contributed by atoms with E-state index in [-0.39, 0.29) is 23.8 Å². The summed E-state index contributed by atoms with van der Waals surface area (Å²) in [7, 11) is 1.98. The number of Topliss-reactive ketones (excluding diaryl/α,β-unsaturated/α-hetero) is 1. The molecular formula is C27H27N5O3. The summed E-state index contributed by atoms with van der Waals surface area (Å²) in [6, 6.07) is 17.0. The zero-order chi connectivity index (χ0) is 24.7. The highest BCUT2D eigenvalue weighted by molar-refractivity contribution is 6.01. The number of hydrogen-bond donors (Lipinski definition) is 0. The van der Waals surface area contributed by atoms with E-state index in [9.17, 15) is 20.2 Å². The summed E-state index contributed by atoms with van der Waals surface area (Å²) in [6.45, 7) is 3.20. The molecular weight excluding hydrogens is 442 g/mol. The second kappa shape index (κ2) is 8.91. The molecule has 178 valence electrons. The lowest BCUT2D eigenvalue weighted by Crippen LogP contribution is -2.41. The molecule has 0 saturated carbocycles. The van der Waals surface area contributed by atoms with Crippen LogP contribution < -0.4 is 4.90 Å². The number of nitrogens with zero attached hydrogens (tertiary/aromatic N) is 5. The number of anilines is 2. The van der Waals surface area contributed by atoms with E-state index in [1.54, 1.807) is 19.1 Å². The van der Waals surface area contributed by atoms with Crippen molar-refractivity contribution in [1.29, 1.82) is 5.26 Å². The van der Waals surface area contributed by atoms with Crippen LogP contribution in [0.25, 0.3) is 10.9 Å². The number of carbonyl (C=O) groups excluding carboxylic acids is 1. The van der Waals surface area contributed by atoms with Crippen LogP contribution in [-0.2, 0) is 11.8 Å². The Hall–Kier alpha value is -4.12. The number of nitro benzene ring substituents is 1. The zero-order valence-corrected chi connectivity index (χ0v) is 19.9. The maximum atomic E-state index is 12.4. The van der Waals surface area contributed by atoms with Crippen LogP contribution in [0.1, 0.15) is 44.2 Å². The van der Waals surface area contributed by atoms with Gasteiger partial charge in [-0.2, -0.15) is 5.26 Å². The van der Waals surface area contributed by atoms with E-state index in [2.05, 4.69) is 26.5 Å². The molecule has 5 rings (SSSR count). The number of non-ortho nitro benzene ring substituents is 1. The molecule has 0 aliphatic carbocycles. The molecule has 2 aliphatic rings. The van der Waals surface area contributed by atoms with Gasteiger partial charge in [-0.3, -0.25) is 19.8 Å². The summed E-state index contributed by atoms with van der Waals surface area (Å²) >= 11 is 0. The number of likely N-dealkylation sites (tertiary alicyclic amines) is 1. The first kappa shape index (κ1) is 22.7. The Morgan fingerprint density at radius 3 is 2.43 bits per heavy atom. The number of nitro groups is 1. The van der Waals surface area contributed by atoms with Gasteiger partial charge in [0.2, 0.25) is 0 Å². The number of piperidine rings is 1. The molecule has 1 saturated heterocycles.